The van der Waals surface area contributed by atoms with Gasteiger partial charge in [-0.25, -0.2) is 4.79 Å². The maximum absolute atomic E-state index is 13.5. The lowest BCUT2D eigenvalue weighted by molar-refractivity contribution is -0.120. The van der Waals surface area contributed by atoms with E-state index >= 15 is 0 Å². The van der Waals surface area contributed by atoms with Gasteiger partial charge in [-0.2, -0.15) is 4.98 Å². The number of piperidine rings is 1. The zero-order valence-electron chi connectivity index (χ0n) is 26.5. The van der Waals surface area contributed by atoms with Crippen molar-refractivity contribution in [2.24, 2.45) is 0 Å². The number of pyridine rings is 1. The van der Waals surface area contributed by atoms with Crippen LogP contribution in [0.4, 0.5) is 16.2 Å². The third kappa shape index (κ3) is 7.25. The molecule has 3 heterocycles. The van der Waals surface area contributed by atoms with Gasteiger partial charge >= 0.3 is 6.09 Å². The average Bonchev–Trinajstić information content (AvgIpc) is 3.06. The Balaban J connectivity index is 1.27. The Bertz CT molecular complexity index is 1660. The van der Waals surface area contributed by atoms with Crippen molar-refractivity contribution in [1.29, 1.82) is 0 Å². The molecule has 1 saturated heterocycles. The van der Waals surface area contributed by atoms with E-state index in [0.29, 0.717) is 42.7 Å². The van der Waals surface area contributed by atoms with Gasteiger partial charge in [0, 0.05) is 19.2 Å². The average molecular weight is 622 g/mol. The Morgan fingerprint density at radius 1 is 0.826 bits per heavy atom. The molecule has 0 bridgehead atoms. The molecule has 0 unspecified atom stereocenters. The van der Waals surface area contributed by atoms with Crippen molar-refractivity contribution in [2.75, 3.05) is 24.6 Å². The van der Waals surface area contributed by atoms with Crippen molar-refractivity contribution in [3.05, 3.63) is 108 Å². The van der Waals surface area contributed by atoms with E-state index in [1.165, 1.54) is 0 Å². The highest BCUT2D eigenvalue weighted by molar-refractivity contribution is 6.05. The largest absolute Gasteiger partial charge is 0.481 e. The molecule has 0 aliphatic carbocycles. The van der Waals surface area contributed by atoms with Gasteiger partial charge in [-0.15, -0.1) is 0 Å². The number of anilines is 2. The molecule has 0 radical (unpaired) electrons. The summed E-state index contributed by atoms with van der Waals surface area (Å²) in [6.07, 6.45) is 1.22. The van der Waals surface area contributed by atoms with Crippen molar-refractivity contribution in [3.63, 3.8) is 0 Å². The summed E-state index contributed by atoms with van der Waals surface area (Å²) in [6, 6.07) is 29.1. The first kappa shape index (κ1) is 31.0. The normalized spacial score (nSPS) is 15.2. The van der Waals surface area contributed by atoms with E-state index in [4.69, 9.17) is 23.9 Å². The Kier molecular flexibility index (Phi) is 9.10. The zero-order valence-corrected chi connectivity index (χ0v) is 26.5. The van der Waals surface area contributed by atoms with Crippen LogP contribution in [0.5, 0.6) is 17.5 Å². The predicted molar refractivity (Wildman–Crippen MR) is 175 cm³/mol. The van der Waals surface area contributed by atoms with Gasteiger partial charge in [0.2, 0.25) is 11.8 Å². The lowest BCUT2D eigenvalue weighted by atomic mass is 9.88. The van der Waals surface area contributed by atoms with Crippen molar-refractivity contribution in [1.82, 2.24) is 9.88 Å². The van der Waals surface area contributed by atoms with Crippen LogP contribution in [0.2, 0.25) is 0 Å². The molecule has 9 nitrogen and oxygen atoms in total. The van der Waals surface area contributed by atoms with Gasteiger partial charge in [0.05, 0.1) is 5.69 Å². The van der Waals surface area contributed by atoms with Crippen molar-refractivity contribution >= 4 is 23.4 Å². The standard InChI is InChI=1S/C37H39N3O6/c1-37(2,3)46-36(42)39-21-19-28(20-22-39)29-15-10-16-30-34(29)44-25-33(41)40(30)31-17-18-32(43-23-26-11-6-4-7-12-26)38-35(31)45-24-27-13-8-5-9-14-27/h4-18,28H,19-25H2,1-3H3. The zero-order chi connectivity index (χ0) is 32.1. The SMILES string of the molecule is CC(C)(C)OC(=O)N1CCC(c2cccc3c2OCC(=O)N3c2ccc(OCc3ccccc3)nc2OCc2ccccc2)CC1. The van der Waals surface area contributed by atoms with Gasteiger partial charge < -0.3 is 23.8 Å². The summed E-state index contributed by atoms with van der Waals surface area (Å²) in [5.41, 5.74) is 3.60. The summed E-state index contributed by atoms with van der Waals surface area (Å²) < 4.78 is 24.0. The second kappa shape index (κ2) is 13.5. The van der Waals surface area contributed by atoms with Crippen molar-refractivity contribution in [2.45, 2.75) is 58.3 Å². The van der Waals surface area contributed by atoms with Crippen LogP contribution < -0.4 is 19.1 Å². The van der Waals surface area contributed by atoms with Gasteiger partial charge in [0.1, 0.15) is 30.3 Å². The van der Waals surface area contributed by atoms with E-state index in [-0.39, 0.29) is 37.0 Å². The van der Waals surface area contributed by atoms with Crippen LogP contribution in [-0.4, -0.2) is 47.2 Å². The molecule has 2 aliphatic rings. The topological polar surface area (TPSA) is 90.4 Å². The number of amides is 2. The first-order valence-electron chi connectivity index (χ1n) is 15.7. The number of hydrogen-bond acceptors (Lipinski definition) is 7. The molecule has 3 aromatic carbocycles. The lowest BCUT2D eigenvalue weighted by Crippen LogP contribution is -2.41. The first-order valence-corrected chi connectivity index (χ1v) is 15.7. The minimum atomic E-state index is -0.541. The van der Waals surface area contributed by atoms with Gasteiger partial charge in [-0.3, -0.25) is 9.69 Å². The van der Waals surface area contributed by atoms with Gasteiger partial charge in [0.25, 0.3) is 5.91 Å². The van der Waals surface area contributed by atoms with E-state index < -0.39 is 5.60 Å². The third-order valence-electron chi connectivity index (χ3n) is 7.94. The van der Waals surface area contributed by atoms with Gasteiger partial charge in [0.15, 0.2) is 6.61 Å². The second-order valence-electron chi connectivity index (χ2n) is 12.5. The highest BCUT2D eigenvalue weighted by Crippen LogP contribution is 2.46. The smallest absolute Gasteiger partial charge is 0.410 e. The molecule has 6 rings (SSSR count). The number of rotatable bonds is 8. The number of nitrogens with zero attached hydrogens (tertiary/aromatic N) is 3. The summed E-state index contributed by atoms with van der Waals surface area (Å²) >= 11 is 0. The minimum Gasteiger partial charge on any atom is -0.481 e. The molecule has 9 heteroatoms. The van der Waals surface area contributed by atoms with Crippen LogP contribution in [0.25, 0.3) is 0 Å². The molecule has 46 heavy (non-hydrogen) atoms. The molecule has 0 saturated carbocycles. The Hall–Kier alpha value is -5.05. The molecule has 2 amide bonds. The highest BCUT2D eigenvalue weighted by atomic mass is 16.6. The maximum atomic E-state index is 13.5. The molecule has 0 spiro atoms. The van der Waals surface area contributed by atoms with Crippen LogP contribution in [0.15, 0.2) is 91.0 Å². The third-order valence-corrected chi connectivity index (χ3v) is 7.94. The van der Waals surface area contributed by atoms with E-state index in [1.807, 2.05) is 106 Å². The quantitative estimate of drug-likeness (QED) is 0.202. The fourth-order valence-corrected chi connectivity index (χ4v) is 5.72. The molecular weight excluding hydrogens is 582 g/mol. The minimum absolute atomic E-state index is 0.120. The number of carbonyl (C=O) groups is 2. The van der Waals surface area contributed by atoms with Crippen LogP contribution >= 0.6 is 0 Å². The van der Waals surface area contributed by atoms with Crippen LogP contribution in [-0.2, 0) is 22.7 Å². The van der Waals surface area contributed by atoms with Crippen LogP contribution in [0, 0.1) is 0 Å². The Morgan fingerprint density at radius 3 is 2.13 bits per heavy atom. The van der Waals surface area contributed by atoms with E-state index in [2.05, 4.69) is 0 Å². The molecule has 1 fully saturated rings. The fourth-order valence-electron chi connectivity index (χ4n) is 5.72. The molecule has 4 aromatic rings. The highest BCUT2D eigenvalue weighted by Gasteiger charge is 2.35. The molecule has 0 N–H and O–H groups in total. The van der Waals surface area contributed by atoms with Crippen molar-refractivity contribution < 1.29 is 28.5 Å². The molecule has 2 aliphatic heterocycles. The van der Waals surface area contributed by atoms with Crippen molar-refractivity contribution in [3.8, 4) is 17.5 Å². The summed E-state index contributed by atoms with van der Waals surface area (Å²) in [6.45, 7) is 7.28. The predicted octanol–water partition coefficient (Wildman–Crippen LogP) is 7.41. The van der Waals surface area contributed by atoms with E-state index in [1.54, 1.807) is 15.9 Å². The van der Waals surface area contributed by atoms with Gasteiger partial charge in [-0.1, -0.05) is 72.8 Å². The van der Waals surface area contributed by atoms with Crippen LogP contribution in [0.1, 0.15) is 56.2 Å². The summed E-state index contributed by atoms with van der Waals surface area (Å²) in [4.78, 5) is 34.3. The number of likely N-dealkylation sites (tertiary alicyclic amines) is 1. The summed E-state index contributed by atoms with van der Waals surface area (Å²) in [5.74, 6) is 1.27. The number of fused-ring (bicyclic) bond motifs is 1. The molecular formula is C37H39N3O6. The van der Waals surface area contributed by atoms with Gasteiger partial charge in [-0.05, 0) is 68.4 Å². The fraction of sp³-hybridized carbons (Fsp3) is 0.324. The Morgan fingerprint density at radius 2 is 1.48 bits per heavy atom. The summed E-state index contributed by atoms with van der Waals surface area (Å²) in [5, 5.41) is 0. The number of benzene rings is 3. The molecule has 1 aromatic heterocycles. The van der Waals surface area contributed by atoms with Crippen LogP contribution in [0.3, 0.4) is 0 Å². The molecule has 238 valence electrons. The first-order chi connectivity index (χ1) is 22.2. The number of hydrogen-bond donors (Lipinski definition) is 0. The summed E-state index contributed by atoms with van der Waals surface area (Å²) in [7, 11) is 0. The number of carbonyl (C=O) groups excluding carboxylic acids is 2. The van der Waals surface area contributed by atoms with E-state index in [0.717, 1.165) is 29.5 Å². The van der Waals surface area contributed by atoms with E-state index in [9.17, 15) is 9.59 Å². The maximum Gasteiger partial charge on any atom is 0.410 e. The Labute approximate surface area is 269 Å². The number of para-hydroxylation sites is 1. The monoisotopic (exact) mass is 621 g/mol. The molecule has 0 atom stereocenters. The lowest BCUT2D eigenvalue weighted by Gasteiger charge is -2.36. The number of ether oxygens (including phenoxy) is 4. The second-order valence-corrected chi connectivity index (χ2v) is 12.5. The number of aromatic nitrogens is 1.